The van der Waals surface area contributed by atoms with Crippen molar-refractivity contribution in [3.63, 3.8) is 0 Å². The fourth-order valence-electron chi connectivity index (χ4n) is 2.57. The van der Waals surface area contributed by atoms with Crippen molar-refractivity contribution >= 4 is 11.6 Å². The van der Waals surface area contributed by atoms with Crippen molar-refractivity contribution in [3.8, 4) is 11.1 Å². The quantitative estimate of drug-likeness (QED) is 0.865. The molecule has 1 saturated heterocycles. The van der Waals surface area contributed by atoms with E-state index in [2.05, 4.69) is 33.2 Å². The number of nitrogen functional groups attached to an aromatic ring is 1. The highest BCUT2D eigenvalue weighted by atomic mass is 15.3. The smallest absolute Gasteiger partial charge is 0.136 e. The van der Waals surface area contributed by atoms with Crippen LogP contribution in [0, 0.1) is 0 Å². The molecule has 1 aliphatic rings. The third kappa shape index (κ3) is 2.44. The number of hydrogen-bond donors (Lipinski definition) is 2. The summed E-state index contributed by atoms with van der Waals surface area (Å²) in [5.41, 5.74) is 7.82. The van der Waals surface area contributed by atoms with E-state index in [4.69, 9.17) is 5.73 Å². The van der Waals surface area contributed by atoms with Crippen LogP contribution in [0.3, 0.4) is 0 Å². The van der Waals surface area contributed by atoms with Gasteiger partial charge in [-0.15, -0.1) is 0 Å². The maximum atomic E-state index is 5.66. The van der Waals surface area contributed by atoms with E-state index in [1.165, 1.54) is 0 Å². The molecule has 0 saturated carbocycles. The number of hydrogen-bond acceptors (Lipinski definition) is 5. The molecular formula is C15H19N5. The van der Waals surface area contributed by atoms with Crippen molar-refractivity contribution in [2.75, 3.05) is 30.3 Å². The average Bonchev–Trinajstić information content (AvgIpc) is 2.49. The molecule has 0 spiro atoms. The SMILES string of the molecule is CC1CNCCN1c1ncccc1-c1ccc(N)nc1. The van der Waals surface area contributed by atoms with E-state index >= 15 is 0 Å². The van der Waals surface area contributed by atoms with Gasteiger partial charge in [0.05, 0.1) is 0 Å². The zero-order valence-corrected chi connectivity index (χ0v) is 11.6. The lowest BCUT2D eigenvalue weighted by molar-refractivity contribution is 0.497. The van der Waals surface area contributed by atoms with Crippen molar-refractivity contribution < 1.29 is 0 Å². The van der Waals surface area contributed by atoms with Crippen LogP contribution in [0.25, 0.3) is 11.1 Å². The van der Waals surface area contributed by atoms with Crippen molar-refractivity contribution in [2.24, 2.45) is 0 Å². The predicted octanol–water partition coefficient (Wildman–Crippen LogP) is 1.52. The summed E-state index contributed by atoms with van der Waals surface area (Å²) >= 11 is 0. The summed E-state index contributed by atoms with van der Waals surface area (Å²) in [6, 6.07) is 8.30. The first-order valence-corrected chi connectivity index (χ1v) is 6.90. The van der Waals surface area contributed by atoms with Crippen molar-refractivity contribution in [2.45, 2.75) is 13.0 Å². The molecule has 1 unspecified atom stereocenters. The molecule has 0 aromatic carbocycles. The molecule has 1 atom stereocenters. The first kappa shape index (κ1) is 12.9. The number of nitrogens with zero attached hydrogens (tertiary/aromatic N) is 3. The Kier molecular flexibility index (Phi) is 3.52. The Hall–Kier alpha value is -2.14. The maximum absolute atomic E-state index is 5.66. The van der Waals surface area contributed by atoms with Gasteiger partial charge >= 0.3 is 0 Å². The molecule has 0 radical (unpaired) electrons. The minimum Gasteiger partial charge on any atom is -0.384 e. The van der Waals surface area contributed by atoms with Crippen LogP contribution >= 0.6 is 0 Å². The Balaban J connectivity index is 2.01. The van der Waals surface area contributed by atoms with Gasteiger partial charge in [0, 0.05) is 49.2 Å². The van der Waals surface area contributed by atoms with Gasteiger partial charge < -0.3 is 16.0 Å². The lowest BCUT2D eigenvalue weighted by atomic mass is 10.1. The normalized spacial score (nSPS) is 19.1. The second kappa shape index (κ2) is 5.46. The zero-order chi connectivity index (χ0) is 13.9. The molecule has 2 aromatic rings. The van der Waals surface area contributed by atoms with Gasteiger partial charge in [-0.1, -0.05) is 0 Å². The predicted molar refractivity (Wildman–Crippen MR) is 81.6 cm³/mol. The maximum Gasteiger partial charge on any atom is 0.136 e. The van der Waals surface area contributed by atoms with E-state index in [1.54, 1.807) is 0 Å². The number of nitrogens with one attached hydrogen (secondary N) is 1. The molecule has 0 amide bonds. The van der Waals surface area contributed by atoms with Gasteiger partial charge in [-0.25, -0.2) is 9.97 Å². The van der Waals surface area contributed by atoms with Gasteiger partial charge in [0.25, 0.3) is 0 Å². The van der Waals surface area contributed by atoms with Crippen LogP contribution in [-0.4, -0.2) is 35.6 Å². The van der Waals surface area contributed by atoms with Crippen LogP contribution < -0.4 is 16.0 Å². The molecule has 20 heavy (non-hydrogen) atoms. The van der Waals surface area contributed by atoms with Crippen molar-refractivity contribution in [1.29, 1.82) is 0 Å². The minimum atomic E-state index is 0.430. The largest absolute Gasteiger partial charge is 0.384 e. The van der Waals surface area contributed by atoms with E-state index in [-0.39, 0.29) is 0 Å². The molecule has 1 aliphatic heterocycles. The van der Waals surface area contributed by atoms with E-state index in [0.717, 1.165) is 36.6 Å². The number of nitrogens with two attached hydrogens (primary N) is 1. The highest BCUT2D eigenvalue weighted by Gasteiger charge is 2.22. The second-order valence-corrected chi connectivity index (χ2v) is 5.09. The summed E-state index contributed by atoms with van der Waals surface area (Å²) < 4.78 is 0. The highest BCUT2D eigenvalue weighted by Crippen LogP contribution is 2.30. The number of aromatic nitrogens is 2. The lowest BCUT2D eigenvalue weighted by Crippen LogP contribution is -2.50. The third-order valence-corrected chi connectivity index (χ3v) is 3.66. The van der Waals surface area contributed by atoms with Crippen LogP contribution in [0.5, 0.6) is 0 Å². The molecule has 3 N–H and O–H groups in total. The van der Waals surface area contributed by atoms with Gasteiger partial charge in [-0.3, -0.25) is 0 Å². The van der Waals surface area contributed by atoms with Crippen LogP contribution in [0.2, 0.25) is 0 Å². The molecule has 3 heterocycles. The standard InChI is InChI=1S/C15H19N5/c1-11-9-17-7-8-20(11)15-13(3-2-6-18-15)12-4-5-14(16)19-10-12/h2-6,10-11,17H,7-9H2,1H3,(H2,16,19). The van der Waals surface area contributed by atoms with E-state index in [0.29, 0.717) is 11.9 Å². The Morgan fingerprint density at radius 2 is 2.20 bits per heavy atom. The van der Waals surface area contributed by atoms with E-state index < -0.39 is 0 Å². The molecule has 2 aromatic heterocycles. The van der Waals surface area contributed by atoms with Crippen LogP contribution in [-0.2, 0) is 0 Å². The molecule has 104 valence electrons. The lowest BCUT2D eigenvalue weighted by Gasteiger charge is -2.36. The monoisotopic (exact) mass is 269 g/mol. The fourth-order valence-corrected chi connectivity index (χ4v) is 2.57. The van der Waals surface area contributed by atoms with Gasteiger partial charge in [0.1, 0.15) is 11.6 Å². The molecule has 0 bridgehead atoms. The summed E-state index contributed by atoms with van der Waals surface area (Å²) in [6.45, 7) is 5.15. The molecule has 5 nitrogen and oxygen atoms in total. The summed E-state index contributed by atoms with van der Waals surface area (Å²) in [5, 5.41) is 3.40. The molecule has 0 aliphatic carbocycles. The van der Waals surface area contributed by atoms with Crippen LogP contribution in [0.4, 0.5) is 11.6 Å². The van der Waals surface area contributed by atoms with Crippen LogP contribution in [0.1, 0.15) is 6.92 Å². The number of piperazine rings is 1. The Morgan fingerprint density at radius 1 is 1.30 bits per heavy atom. The molecular weight excluding hydrogens is 250 g/mol. The van der Waals surface area contributed by atoms with E-state index in [1.807, 2.05) is 30.6 Å². The Labute approximate surface area is 118 Å². The summed E-state index contributed by atoms with van der Waals surface area (Å²) in [5.74, 6) is 1.56. The average molecular weight is 269 g/mol. The zero-order valence-electron chi connectivity index (χ0n) is 11.6. The van der Waals surface area contributed by atoms with Gasteiger partial charge in [-0.05, 0) is 31.2 Å². The molecule has 5 heteroatoms. The molecule has 1 fully saturated rings. The topological polar surface area (TPSA) is 67.1 Å². The number of rotatable bonds is 2. The molecule has 3 rings (SSSR count). The first-order valence-electron chi connectivity index (χ1n) is 6.90. The van der Waals surface area contributed by atoms with Gasteiger partial charge in [0.2, 0.25) is 0 Å². The number of pyridine rings is 2. The first-order chi connectivity index (χ1) is 9.75. The van der Waals surface area contributed by atoms with Gasteiger partial charge in [-0.2, -0.15) is 0 Å². The Bertz CT molecular complexity index is 581. The van der Waals surface area contributed by atoms with Crippen molar-refractivity contribution in [3.05, 3.63) is 36.7 Å². The van der Waals surface area contributed by atoms with E-state index in [9.17, 15) is 0 Å². The van der Waals surface area contributed by atoms with Crippen LogP contribution in [0.15, 0.2) is 36.7 Å². The minimum absolute atomic E-state index is 0.430. The number of anilines is 2. The third-order valence-electron chi connectivity index (χ3n) is 3.66. The summed E-state index contributed by atoms with van der Waals surface area (Å²) in [4.78, 5) is 11.1. The van der Waals surface area contributed by atoms with Crippen molar-refractivity contribution in [1.82, 2.24) is 15.3 Å². The summed E-state index contributed by atoms with van der Waals surface area (Å²) in [6.07, 6.45) is 3.65. The highest BCUT2D eigenvalue weighted by molar-refractivity contribution is 5.76. The Morgan fingerprint density at radius 3 is 2.95 bits per heavy atom. The second-order valence-electron chi connectivity index (χ2n) is 5.09. The fraction of sp³-hybridized carbons (Fsp3) is 0.333. The summed E-state index contributed by atoms with van der Waals surface area (Å²) in [7, 11) is 0. The van der Waals surface area contributed by atoms with Gasteiger partial charge in [0.15, 0.2) is 0 Å².